The molecule has 3 fully saturated rings. The zero-order valence-electron chi connectivity index (χ0n) is 37.5. The molecule has 53 heavy (non-hydrogen) atoms. The molecule has 3 N–H and O–H groups in total. The first-order chi connectivity index (χ1) is 24.3. The van der Waals surface area contributed by atoms with Gasteiger partial charge in [0, 0.05) is 58.9 Å². The normalized spacial score (nSPS) is 26.0. The van der Waals surface area contributed by atoms with Crippen molar-refractivity contribution in [3.05, 3.63) is 0 Å². The van der Waals surface area contributed by atoms with Crippen molar-refractivity contribution in [2.45, 2.75) is 212 Å². The summed E-state index contributed by atoms with van der Waals surface area (Å²) in [5.74, 6) is 2.13. The second-order valence-corrected chi connectivity index (χ2v) is 20.6. The molecule has 0 bridgehead atoms. The van der Waals surface area contributed by atoms with E-state index in [4.69, 9.17) is 25.2 Å². The predicted molar refractivity (Wildman–Crippen MR) is 220 cm³/mol. The Morgan fingerprint density at radius 1 is 0.660 bits per heavy atom. The van der Waals surface area contributed by atoms with E-state index >= 15 is 0 Å². The molecule has 0 aromatic rings. The number of hydrogen-bond donors (Lipinski definition) is 2. The number of aliphatic imine (C=N–C) groups is 1. The van der Waals surface area contributed by atoms with Crippen molar-refractivity contribution in [3.63, 3.8) is 0 Å². The second-order valence-electron chi connectivity index (χ2n) is 20.6. The van der Waals surface area contributed by atoms with E-state index in [1.165, 1.54) is 38.5 Å². The molecule has 1 atom stereocenters. The van der Waals surface area contributed by atoms with Gasteiger partial charge in [0.25, 0.3) is 0 Å². The lowest BCUT2D eigenvalue weighted by Crippen LogP contribution is -2.65. The van der Waals surface area contributed by atoms with Crippen LogP contribution in [0, 0.1) is 17.2 Å². The number of nitrogens with one attached hydrogen (secondary N) is 1. The van der Waals surface area contributed by atoms with E-state index < -0.39 is 0 Å². The van der Waals surface area contributed by atoms with Crippen LogP contribution in [0.4, 0.5) is 0 Å². The lowest BCUT2D eigenvalue weighted by atomic mass is 9.68. The Bertz CT molecular complexity index is 1180. The molecule has 11 nitrogen and oxygen atoms in total. The highest BCUT2D eigenvalue weighted by Gasteiger charge is 2.50. The molecule has 0 spiro atoms. The average Bonchev–Trinajstić information content (AvgIpc) is 2.98. The fraction of sp³-hybridized carbons (Fsp3) is 0.952. The van der Waals surface area contributed by atoms with Crippen LogP contribution in [0.3, 0.4) is 0 Å². The van der Waals surface area contributed by atoms with Gasteiger partial charge in [-0.25, -0.2) is 0 Å². The van der Waals surface area contributed by atoms with Crippen molar-refractivity contribution in [2.24, 2.45) is 22.6 Å². The Labute approximate surface area is 326 Å². The van der Waals surface area contributed by atoms with Gasteiger partial charge in [0.1, 0.15) is 0 Å². The monoisotopic (exact) mass is 749 g/mol. The van der Waals surface area contributed by atoms with Gasteiger partial charge >= 0.3 is 0 Å². The van der Waals surface area contributed by atoms with Crippen LogP contribution in [0.5, 0.6) is 0 Å². The highest BCUT2D eigenvalue weighted by atomic mass is 16.7. The molecule has 310 valence electrons. The molecular formula is C42H84N8O3. The van der Waals surface area contributed by atoms with Gasteiger partial charge in [-0.15, -0.1) is 0 Å². The van der Waals surface area contributed by atoms with Gasteiger partial charge in [-0.3, -0.25) is 5.41 Å². The Morgan fingerprint density at radius 2 is 1.04 bits per heavy atom. The highest BCUT2D eigenvalue weighted by molar-refractivity contribution is 5.92. The number of hydroxylamine groups is 6. The fourth-order valence-corrected chi connectivity index (χ4v) is 11.8. The number of piperidine rings is 3. The lowest BCUT2D eigenvalue weighted by molar-refractivity contribution is -0.274. The highest BCUT2D eigenvalue weighted by Crippen LogP contribution is 2.46. The van der Waals surface area contributed by atoms with Gasteiger partial charge in [0.05, 0.1) is 21.3 Å². The number of hydrogen-bond acceptors (Lipinski definition) is 7. The maximum Gasteiger partial charge on any atom is 0.221 e. The minimum absolute atomic E-state index is 0.0298. The van der Waals surface area contributed by atoms with Gasteiger partial charge < -0.3 is 30.0 Å². The molecule has 3 rings (SSSR count). The number of unbranched alkanes of at least 4 members (excludes halogenated alkanes) is 3. The maximum absolute atomic E-state index is 9.17. The van der Waals surface area contributed by atoms with E-state index in [0.717, 1.165) is 51.0 Å². The van der Waals surface area contributed by atoms with Gasteiger partial charge in [0.2, 0.25) is 5.96 Å². The topological polar surface area (TPSA) is 106 Å². The van der Waals surface area contributed by atoms with Crippen LogP contribution in [-0.2, 0) is 14.5 Å². The average molecular weight is 749 g/mol. The van der Waals surface area contributed by atoms with Crippen LogP contribution < -0.4 is 5.73 Å². The van der Waals surface area contributed by atoms with E-state index in [9.17, 15) is 5.41 Å². The van der Waals surface area contributed by atoms with E-state index in [1.54, 1.807) is 14.2 Å². The van der Waals surface area contributed by atoms with Crippen LogP contribution >= 0.6 is 0 Å². The third-order valence-corrected chi connectivity index (χ3v) is 13.1. The van der Waals surface area contributed by atoms with E-state index in [2.05, 4.69) is 110 Å². The van der Waals surface area contributed by atoms with Crippen molar-refractivity contribution in [1.29, 1.82) is 5.41 Å². The molecule has 3 aliphatic rings. The Morgan fingerprint density at radius 3 is 1.43 bits per heavy atom. The summed E-state index contributed by atoms with van der Waals surface area (Å²) in [6, 6.07) is 0.327. The van der Waals surface area contributed by atoms with Gasteiger partial charge in [-0.1, -0.05) is 39.0 Å². The molecule has 1 unspecified atom stereocenters. The minimum Gasteiger partial charge on any atom is -0.369 e. The third kappa shape index (κ3) is 10.7. The first-order valence-corrected chi connectivity index (χ1v) is 20.8. The first-order valence-electron chi connectivity index (χ1n) is 20.8. The van der Waals surface area contributed by atoms with Gasteiger partial charge in [-0.05, 0) is 140 Å². The molecule has 3 heterocycles. The Kier molecular flexibility index (Phi) is 15.0. The number of rotatable bonds is 14. The molecule has 3 saturated heterocycles. The number of nitrogens with zero attached hydrogens (tertiary/aromatic N) is 6. The number of guanidine groups is 2. The summed E-state index contributed by atoms with van der Waals surface area (Å²) in [6.45, 7) is 30.5. The van der Waals surface area contributed by atoms with E-state index in [0.29, 0.717) is 11.9 Å². The molecule has 0 radical (unpaired) electrons. The molecule has 0 amide bonds. The fourth-order valence-electron chi connectivity index (χ4n) is 11.8. The summed E-state index contributed by atoms with van der Waals surface area (Å²) in [6.07, 6.45) is 13.1. The van der Waals surface area contributed by atoms with Crippen molar-refractivity contribution in [2.75, 3.05) is 34.9 Å². The van der Waals surface area contributed by atoms with Gasteiger partial charge in [-0.2, -0.15) is 20.2 Å². The largest absolute Gasteiger partial charge is 0.369 e. The maximum atomic E-state index is 9.17. The quantitative estimate of drug-likeness (QED) is 0.103. The van der Waals surface area contributed by atoms with Crippen LogP contribution in [0.25, 0.3) is 0 Å². The van der Waals surface area contributed by atoms with E-state index in [-0.39, 0.29) is 51.3 Å². The summed E-state index contributed by atoms with van der Waals surface area (Å²) in [5, 5.41) is 15.7. The predicted octanol–water partition coefficient (Wildman–Crippen LogP) is 8.44. The van der Waals surface area contributed by atoms with Crippen LogP contribution in [0.1, 0.15) is 167 Å². The summed E-state index contributed by atoms with van der Waals surface area (Å²) in [7, 11) is 7.36. The SMILES string of the molecule is CCC(CCCCCCN(C(N)=NC(=N)N(C)C1CC(C)(C)N(OC)C(C)(C)C1)C1CC(C)(C)N(OC)C(C)(C)C1)C1CC(C)(C)N(OC)C(C)(C)C1. The van der Waals surface area contributed by atoms with Crippen molar-refractivity contribution in [3.8, 4) is 0 Å². The molecule has 0 aromatic carbocycles. The number of nitrogens with two attached hydrogens (primary N) is 1. The van der Waals surface area contributed by atoms with Gasteiger partial charge in [0.15, 0.2) is 5.96 Å². The second kappa shape index (κ2) is 17.3. The molecular weight excluding hydrogens is 665 g/mol. The summed E-state index contributed by atoms with van der Waals surface area (Å²) < 4.78 is 0. The molecule has 11 heteroatoms. The Hall–Kier alpha value is -1.50. The minimum atomic E-state index is -0.186. The van der Waals surface area contributed by atoms with Crippen molar-refractivity contribution in [1.82, 2.24) is 25.0 Å². The van der Waals surface area contributed by atoms with Crippen LogP contribution in [0.15, 0.2) is 4.99 Å². The smallest absolute Gasteiger partial charge is 0.221 e. The summed E-state index contributed by atoms with van der Waals surface area (Å²) >= 11 is 0. The van der Waals surface area contributed by atoms with Crippen LogP contribution in [-0.4, -0.2) is 117 Å². The molecule has 0 aromatic heterocycles. The first kappa shape index (κ1) is 45.9. The van der Waals surface area contributed by atoms with E-state index in [1.807, 2.05) is 19.1 Å². The zero-order valence-corrected chi connectivity index (χ0v) is 37.5. The third-order valence-electron chi connectivity index (χ3n) is 13.1. The standard InChI is InChI=1S/C42H84N8O3/c1-18-31(32-25-37(2,3)48(51-15)38(4,5)26-32)23-21-19-20-22-24-47(34-29-41(10,11)50(53-17)42(12,13)30-34)36(44)45-35(43)46(14)33-27-39(6,7)49(52-16)40(8,9)28-33/h31-34H,18-30H2,1-17H3,(H3,43,44,45). The summed E-state index contributed by atoms with van der Waals surface area (Å²) in [5.41, 5.74) is 6.30. The molecule has 0 saturated carbocycles. The molecule has 3 aliphatic heterocycles. The zero-order chi connectivity index (χ0) is 40.4. The van der Waals surface area contributed by atoms with Crippen molar-refractivity contribution >= 4 is 11.9 Å². The lowest BCUT2D eigenvalue weighted by Gasteiger charge is -2.55. The van der Waals surface area contributed by atoms with Crippen LogP contribution in [0.2, 0.25) is 0 Å². The molecule has 0 aliphatic carbocycles. The summed E-state index contributed by atoms with van der Waals surface area (Å²) in [4.78, 5) is 26.9. The Balaban J connectivity index is 1.72. The van der Waals surface area contributed by atoms with Crippen molar-refractivity contribution < 1.29 is 14.5 Å².